The van der Waals surface area contributed by atoms with Crippen LogP contribution in [0.15, 0.2) is 18.2 Å². The summed E-state index contributed by atoms with van der Waals surface area (Å²) in [6, 6.07) is 4.85. The average molecular weight is 350 g/mol. The molecule has 0 radical (unpaired) electrons. The van der Waals surface area contributed by atoms with Crippen LogP contribution in [0, 0.1) is 0 Å². The van der Waals surface area contributed by atoms with Crippen molar-refractivity contribution in [2.45, 2.75) is 64.7 Å². The van der Waals surface area contributed by atoms with Gasteiger partial charge in [-0.3, -0.25) is 4.79 Å². The van der Waals surface area contributed by atoms with Crippen molar-refractivity contribution in [1.82, 2.24) is 5.32 Å². The minimum Gasteiger partial charge on any atom is -0.481 e. The molecule has 0 aliphatic carbocycles. The zero-order valence-electron chi connectivity index (χ0n) is 15.1. The van der Waals surface area contributed by atoms with Crippen molar-refractivity contribution in [2.75, 3.05) is 5.32 Å². The number of rotatable bonds is 7. The predicted molar refractivity (Wildman–Crippen MR) is 94.1 cm³/mol. The Bertz CT molecular complexity index is 653. The Morgan fingerprint density at radius 1 is 1.16 bits per heavy atom. The van der Waals surface area contributed by atoms with Crippen molar-refractivity contribution in [1.29, 1.82) is 0 Å². The molecule has 0 fully saturated rings. The molecule has 0 saturated carbocycles. The summed E-state index contributed by atoms with van der Waals surface area (Å²) in [7, 11) is 0. The van der Waals surface area contributed by atoms with E-state index in [0.717, 1.165) is 12.8 Å². The van der Waals surface area contributed by atoms with Crippen LogP contribution < -0.4 is 20.1 Å². The number of hydrogen-bond acceptors (Lipinski definition) is 4. The highest BCUT2D eigenvalue weighted by atomic mass is 16.7. The topological polar surface area (TPSA) is 96.9 Å². The molecule has 2 amide bonds. The second-order valence-electron chi connectivity index (χ2n) is 6.84. The maximum Gasteiger partial charge on any atom is 0.319 e. The summed E-state index contributed by atoms with van der Waals surface area (Å²) in [6.07, 6.45) is 1.78. The molecule has 7 heteroatoms. The minimum atomic E-state index is -0.888. The summed E-state index contributed by atoms with van der Waals surface area (Å²) in [5.41, 5.74) is -0.0461. The number of anilines is 1. The van der Waals surface area contributed by atoms with Gasteiger partial charge in [-0.15, -0.1) is 0 Å². The summed E-state index contributed by atoms with van der Waals surface area (Å²) in [5.74, 6) is -0.258. The van der Waals surface area contributed by atoms with Crippen molar-refractivity contribution < 1.29 is 24.2 Å². The van der Waals surface area contributed by atoms with E-state index in [4.69, 9.17) is 14.6 Å². The van der Waals surface area contributed by atoms with Crippen molar-refractivity contribution >= 4 is 17.7 Å². The number of ether oxygens (including phenoxy) is 2. The standard InChI is InChI=1S/C18H26N2O5/c1-5-18(6-2)24-13-8-7-12(11-14(13)25-18)19-16(23)20-17(3,4)10-9-15(21)22/h7-8,11H,5-6,9-10H2,1-4H3,(H,21,22)(H2,19,20,23). The highest BCUT2D eigenvalue weighted by Crippen LogP contribution is 2.43. The molecule has 0 spiro atoms. The van der Waals surface area contributed by atoms with Gasteiger partial charge in [0.15, 0.2) is 11.5 Å². The van der Waals surface area contributed by atoms with Crippen LogP contribution in [0.5, 0.6) is 11.5 Å². The van der Waals surface area contributed by atoms with Gasteiger partial charge in [0.1, 0.15) is 0 Å². The molecule has 1 aromatic carbocycles. The van der Waals surface area contributed by atoms with E-state index in [1.165, 1.54) is 0 Å². The van der Waals surface area contributed by atoms with Crippen molar-refractivity contribution in [3.8, 4) is 11.5 Å². The van der Waals surface area contributed by atoms with E-state index in [1.54, 1.807) is 32.0 Å². The van der Waals surface area contributed by atoms with Gasteiger partial charge in [0.25, 0.3) is 5.79 Å². The van der Waals surface area contributed by atoms with Crippen molar-refractivity contribution in [3.05, 3.63) is 18.2 Å². The normalized spacial score (nSPS) is 14.9. The van der Waals surface area contributed by atoms with Gasteiger partial charge in [0.2, 0.25) is 0 Å². The predicted octanol–water partition coefficient (Wildman–Crippen LogP) is 3.74. The van der Waals surface area contributed by atoms with Crippen LogP contribution in [0.4, 0.5) is 10.5 Å². The average Bonchev–Trinajstić information content (AvgIpc) is 2.91. The Morgan fingerprint density at radius 2 is 1.80 bits per heavy atom. The van der Waals surface area contributed by atoms with Crippen LogP contribution in [-0.4, -0.2) is 28.4 Å². The molecule has 7 nitrogen and oxygen atoms in total. The number of carboxylic acids is 1. The lowest BCUT2D eigenvalue weighted by Crippen LogP contribution is -2.45. The lowest BCUT2D eigenvalue weighted by atomic mass is 9.99. The number of carbonyl (C=O) groups excluding carboxylic acids is 1. The first kappa shape index (κ1) is 18.9. The molecule has 138 valence electrons. The molecule has 1 heterocycles. The smallest absolute Gasteiger partial charge is 0.319 e. The van der Waals surface area contributed by atoms with Crippen molar-refractivity contribution in [3.63, 3.8) is 0 Å². The maximum absolute atomic E-state index is 12.2. The highest BCUT2D eigenvalue weighted by molar-refractivity contribution is 5.90. The second kappa shape index (κ2) is 7.21. The number of carboxylic acid groups (broad SMARTS) is 1. The molecule has 1 aliphatic rings. The number of amides is 2. The number of fused-ring (bicyclic) bond motifs is 1. The molecule has 0 aromatic heterocycles. The fraction of sp³-hybridized carbons (Fsp3) is 0.556. The van der Waals surface area contributed by atoms with Gasteiger partial charge in [0, 0.05) is 36.6 Å². The third-order valence-electron chi connectivity index (χ3n) is 4.29. The quantitative estimate of drug-likeness (QED) is 0.696. The van der Waals surface area contributed by atoms with Gasteiger partial charge >= 0.3 is 12.0 Å². The third-order valence-corrected chi connectivity index (χ3v) is 4.29. The monoisotopic (exact) mass is 350 g/mol. The molecular formula is C18H26N2O5. The molecule has 0 atom stereocenters. The van der Waals surface area contributed by atoms with Crippen molar-refractivity contribution in [2.24, 2.45) is 0 Å². The Labute approximate surface area is 147 Å². The summed E-state index contributed by atoms with van der Waals surface area (Å²) in [5, 5.41) is 14.3. The first-order chi connectivity index (χ1) is 11.7. The van der Waals surface area contributed by atoms with Gasteiger partial charge in [-0.2, -0.15) is 0 Å². The van der Waals surface area contributed by atoms with Crippen LogP contribution in [0.25, 0.3) is 0 Å². The minimum absolute atomic E-state index is 0.00653. The van der Waals surface area contributed by atoms with Gasteiger partial charge in [-0.25, -0.2) is 4.79 Å². The molecule has 25 heavy (non-hydrogen) atoms. The highest BCUT2D eigenvalue weighted by Gasteiger charge is 2.38. The van der Waals surface area contributed by atoms with Gasteiger partial charge in [0.05, 0.1) is 0 Å². The van der Waals surface area contributed by atoms with Gasteiger partial charge < -0.3 is 25.2 Å². The van der Waals surface area contributed by atoms with Crippen LogP contribution in [0.1, 0.15) is 53.4 Å². The van der Waals surface area contributed by atoms with Gasteiger partial charge in [-0.1, -0.05) is 13.8 Å². The molecule has 0 unspecified atom stereocenters. The van der Waals surface area contributed by atoms with E-state index in [0.29, 0.717) is 23.6 Å². The first-order valence-electron chi connectivity index (χ1n) is 8.51. The lowest BCUT2D eigenvalue weighted by molar-refractivity contribution is -0.137. The SMILES string of the molecule is CCC1(CC)Oc2ccc(NC(=O)NC(C)(C)CCC(=O)O)cc2O1. The molecular weight excluding hydrogens is 324 g/mol. The Kier molecular flexibility index (Phi) is 5.45. The molecule has 0 bridgehead atoms. The van der Waals surface area contributed by atoms with E-state index in [2.05, 4.69) is 10.6 Å². The third kappa shape index (κ3) is 4.78. The number of benzene rings is 1. The Hall–Kier alpha value is -2.44. The van der Waals surface area contributed by atoms with E-state index in [1.807, 2.05) is 13.8 Å². The van der Waals surface area contributed by atoms with E-state index in [9.17, 15) is 9.59 Å². The number of urea groups is 1. The van der Waals surface area contributed by atoms with Crippen LogP contribution >= 0.6 is 0 Å². The maximum atomic E-state index is 12.2. The summed E-state index contributed by atoms with van der Waals surface area (Å²) in [6.45, 7) is 7.57. The van der Waals surface area contributed by atoms with Gasteiger partial charge in [-0.05, 0) is 32.4 Å². The Morgan fingerprint density at radius 3 is 2.40 bits per heavy atom. The molecule has 0 saturated heterocycles. The molecule has 2 rings (SSSR count). The van der Waals surface area contributed by atoms with Crippen LogP contribution in [-0.2, 0) is 4.79 Å². The zero-order chi connectivity index (χ0) is 18.7. The first-order valence-corrected chi connectivity index (χ1v) is 8.51. The fourth-order valence-electron chi connectivity index (χ4n) is 2.66. The molecule has 1 aromatic rings. The molecule has 3 N–H and O–H groups in total. The second-order valence-corrected chi connectivity index (χ2v) is 6.84. The van der Waals surface area contributed by atoms with Crippen LogP contribution in [0.3, 0.4) is 0 Å². The van der Waals surface area contributed by atoms with E-state index >= 15 is 0 Å². The summed E-state index contributed by atoms with van der Waals surface area (Å²) in [4.78, 5) is 22.9. The van der Waals surface area contributed by atoms with E-state index in [-0.39, 0.29) is 6.42 Å². The number of carbonyl (C=O) groups is 2. The van der Waals surface area contributed by atoms with Crippen LogP contribution in [0.2, 0.25) is 0 Å². The fourth-order valence-corrected chi connectivity index (χ4v) is 2.66. The largest absolute Gasteiger partial charge is 0.481 e. The number of aliphatic carboxylic acids is 1. The lowest BCUT2D eigenvalue weighted by Gasteiger charge is -2.25. The number of hydrogen-bond donors (Lipinski definition) is 3. The Balaban J connectivity index is 1.98. The van der Waals surface area contributed by atoms with E-state index < -0.39 is 23.3 Å². The zero-order valence-corrected chi connectivity index (χ0v) is 15.1. The summed E-state index contributed by atoms with van der Waals surface area (Å²) < 4.78 is 11.8. The number of nitrogens with one attached hydrogen (secondary N) is 2. The summed E-state index contributed by atoms with van der Waals surface area (Å²) >= 11 is 0. The molecule has 1 aliphatic heterocycles.